The van der Waals surface area contributed by atoms with Crippen LogP contribution in [0.4, 0.5) is 0 Å². The topological polar surface area (TPSA) is 98.0 Å². The minimum atomic E-state index is -0.793. The molecule has 3 unspecified atom stereocenters. The predicted molar refractivity (Wildman–Crippen MR) is 109 cm³/mol. The van der Waals surface area contributed by atoms with Crippen LogP contribution in [-0.2, 0) is 11.2 Å². The minimum absolute atomic E-state index is 0.0942. The number of unbranched alkanes of at least 4 members (excludes halogenated alkanes) is 1. The molecule has 1 fully saturated rings. The minimum Gasteiger partial charge on any atom is -0.481 e. The molecule has 0 saturated heterocycles. The molecule has 1 aliphatic rings. The van der Waals surface area contributed by atoms with E-state index in [9.17, 15) is 20.1 Å². The van der Waals surface area contributed by atoms with Crippen LogP contribution in [-0.4, -0.2) is 44.7 Å². The highest BCUT2D eigenvalue weighted by molar-refractivity contribution is 5.66. The van der Waals surface area contributed by atoms with Gasteiger partial charge in [-0.3, -0.25) is 4.79 Å². The smallest absolute Gasteiger partial charge is 0.303 e. The molecule has 1 aromatic carbocycles. The van der Waals surface area contributed by atoms with Gasteiger partial charge in [-0.05, 0) is 43.6 Å². The summed E-state index contributed by atoms with van der Waals surface area (Å²) in [5.41, 5.74) is 1.18. The van der Waals surface area contributed by atoms with Crippen molar-refractivity contribution in [1.29, 1.82) is 0 Å². The largest absolute Gasteiger partial charge is 0.481 e. The standard InChI is InChI=1S/C23H32O5/c24-18(13-12-17-8-4-3-5-9-17)14-15-20-19(21(25)16-22(20)26)10-6-1-2-7-11-23(27)28/h1,3-6,8-9,14-15,18-22,24-26H,2,7,10-13,16H2,(H,27,28)/t18?,19?,20?,21-,22+/m0/s1. The van der Waals surface area contributed by atoms with Gasteiger partial charge in [0.25, 0.3) is 0 Å². The van der Waals surface area contributed by atoms with E-state index in [1.54, 1.807) is 6.08 Å². The van der Waals surface area contributed by atoms with Crippen molar-refractivity contribution in [3.05, 3.63) is 60.2 Å². The second-order valence-electron chi connectivity index (χ2n) is 7.58. The zero-order valence-corrected chi connectivity index (χ0v) is 16.2. The normalized spacial score (nSPS) is 26.2. The average Bonchev–Trinajstić information content (AvgIpc) is 2.94. The molecule has 28 heavy (non-hydrogen) atoms. The average molecular weight is 389 g/mol. The van der Waals surface area contributed by atoms with E-state index in [0.717, 1.165) is 6.42 Å². The van der Waals surface area contributed by atoms with Gasteiger partial charge in [-0.1, -0.05) is 54.6 Å². The zero-order chi connectivity index (χ0) is 20.4. The molecule has 0 heterocycles. The summed E-state index contributed by atoms with van der Waals surface area (Å²) in [6, 6.07) is 9.99. The number of rotatable bonds is 11. The van der Waals surface area contributed by atoms with Crippen molar-refractivity contribution >= 4 is 5.97 Å². The zero-order valence-electron chi connectivity index (χ0n) is 16.2. The Morgan fingerprint density at radius 2 is 1.89 bits per heavy atom. The van der Waals surface area contributed by atoms with Crippen molar-refractivity contribution in [3.63, 3.8) is 0 Å². The number of hydrogen-bond donors (Lipinski definition) is 4. The molecule has 5 nitrogen and oxygen atoms in total. The fourth-order valence-corrected chi connectivity index (χ4v) is 3.76. The molecule has 5 heteroatoms. The molecule has 0 amide bonds. The highest BCUT2D eigenvalue weighted by Crippen LogP contribution is 2.36. The van der Waals surface area contributed by atoms with Gasteiger partial charge in [0.15, 0.2) is 0 Å². The van der Waals surface area contributed by atoms with Crippen LogP contribution in [0.3, 0.4) is 0 Å². The molecule has 0 spiro atoms. The highest BCUT2D eigenvalue weighted by Gasteiger charge is 2.39. The first-order valence-corrected chi connectivity index (χ1v) is 10.1. The van der Waals surface area contributed by atoms with Gasteiger partial charge >= 0.3 is 5.97 Å². The van der Waals surface area contributed by atoms with Crippen LogP contribution in [0, 0.1) is 11.8 Å². The Balaban J connectivity index is 1.82. The number of aliphatic carboxylic acids is 1. The van der Waals surface area contributed by atoms with Gasteiger partial charge in [0.05, 0.1) is 18.3 Å². The molecular weight excluding hydrogens is 356 g/mol. The first-order valence-electron chi connectivity index (χ1n) is 10.1. The molecule has 2 rings (SSSR count). The van der Waals surface area contributed by atoms with Crippen molar-refractivity contribution in [2.75, 3.05) is 0 Å². The predicted octanol–water partition coefficient (Wildman–Crippen LogP) is 3.10. The summed E-state index contributed by atoms with van der Waals surface area (Å²) in [5.74, 6) is -1.08. The monoisotopic (exact) mass is 388 g/mol. The second kappa shape index (κ2) is 11.8. The van der Waals surface area contributed by atoms with Crippen molar-refractivity contribution < 1.29 is 25.2 Å². The van der Waals surface area contributed by atoms with Crippen molar-refractivity contribution in [1.82, 2.24) is 0 Å². The summed E-state index contributed by atoms with van der Waals surface area (Å²) in [5, 5.41) is 39.4. The maximum atomic E-state index is 10.5. The highest BCUT2D eigenvalue weighted by atomic mass is 16.4. The van der Waals surface area contributed by atoms with Gasteiger partial charge in [0, 0.05) is 18.8 Å². The number of aliphatic hydroxyl groups excluding tert-OH is 3. The van der Waals surface area contributed by atoms with Gasteiger partial charge in [0.1, 0.15) is 0 Å². The fourth-order valence-electron chi connectivity index (χ4n) is 3.76. The SMILES string of the molecule is O=C(O)CCCC=CCC1C(C=CC(O)CCc2ccccc2)[C@H](O)C[C@@H]1O. The van der Waals surface area contributed by atoms with E-state index in [1.807, 2.05) is 48.6 Å². The number of carbonyl (C=O) groups is 1. The van der Waals surface area contributed by atoms with Crippen LogP contribution >= 0.6 is 0 Å². The summed E-state index contributed by atoms with van der Waals surface area (Å²) in [4.78, 5) is 10.5. The van der Waals surface area contributed by atoms with Gasteiger partial charge in [-0.2, -0.15) is 0 Å². The van der Waals surface area contributed by atoms with E-state index in [-0.39, 0.29) is 18.3 Å². The van der Waals surface area contributed by atoms with Crippen LogP contribution in [0.2, 0.25) is 0 Å². The van der Waals surface area contributed by atoms with Crippen LogP contribution in [0.15, 0.2) is 54.6 Å². The van der Waals surface area contributed by atoms with E-state index in [1.165, 1.54) is 5.56 Å². The van der Waals surface area contributed by atoms with Gasteiger partial charge in [-0.15, -0.1) is 0 Å². The number of allylic oxidation sites excluding steroid dienone is 2. The Hall–Kier alpha value is -1.95. The Bertz CT molecular complexity index is 640. The van der Waals surface area contributed by atoms with Crippen LogP contribution in [0.5, 0.6) is 0 Å². The number of hydrogen-bond acceptors (Lipinski definition) is 4. The number of aliphatic hydroxyl groups is 3. The lowest BCUT2D eigenvalue weighted by atomic mass is 9.89. The van der Waals surface area contributed by atoms with Gasteiger partial charge in [-0.25, -0.2) is 0 Å². The quantitative estimate of drug-likeness (QED) is 0.345. The third kappa shape index (κ3) is 7.58. The lowest BCUT2D eigenvalue weighted by molar-refractivity contribution is -0.137. The fraction of sp³-hybridized carbons (Fsp3) is 0.522. The maximum absolute atomic E-state index is 10.5. The third-order valence-electron chi connectivity index (χ3n) is 5.38. The van der Waals surface area contributed by atoms with Crippen LogP contribution in [0.25, 0.3) is 0 Å². The van der Waals surface area contributed by atoms with Gasteiger partial charge in [0.2, 0.25) is 0 Å². The van der Waals surface area contributed by atoms with Crippen LogP contribution in [0.1, 0.15) is 44.1 Å². The van der Waals surface area contributed by atoms with E-state index in [4.69, 9.17) is 5.11 Å². The Morgan fingerprint density at radius 1 is 1.14 bits per heavy atom. The van der Waals surface area contributed by atoms with E-state index in [0.29, 0.717) is 32.1 Å². The van der Waals surface area contributed by atoms with E-state index < -0.39 is 24.3 Å². The molecule has 4 N–H and O–H groups in total. The Labute approximate surface area is 167 Å². The summed E-state index contributed by atoms with van der Waals surface area (Å²) >= 11 is 0. The number of benzene rings is 1. The van der Waals surface area contributed by atoms with Crippen LogP contribution < -0.4 is 0 Å². The Morgan fingerprint density at radius 3 is 2.61 bits per heavy atom. The molecule has 154 valence electrons. The molecule has 0 aliphatic heterocycles. The first kappa shape index (κ1) is 22.3. The number of carboxylic acids is 1. The molecular formula is C23H32O5. The van der Waals surface area contributed by atoms with E-state index >= 15 is 0 Å². The van der Waals surface area contributed by atoms with Crippen molar-refractivity contribution in [2.45, 2.75) is 63.3 Å². The van der Waals surface area contributed by atoms with Gasteiger partial charge < -0.3 is 20.4 Å². The number of aryl methyl sites for hydroxylation is 1. The molecule has 0 radical (unpaired) electrons. The molecule has 1 aliphatic carbocycles. The lowest BCUT2D eigenvalue weighted by Crippen LogP contribution is -2.20. The molecule has 0 bridgehead atoms. The third-order valence-corrected chi connectivity index (χ3v) is 5.38. The summed E-state index contributed by atoms with van der Waals surface area (Å²) in [6.45, 7) is 0. The van der Waals surface area contributed by atoms with Crippen molar-refractivity contribution in [3.8, 4) is 0 Å². The summed E-state index contributed by atoms with van der Waals surface area (Å²) in [6.07, 6.45) is 9.51. The molecule has 5 atom stereocenters. The Kier molecular flexibility index (Phi) is 9.41. The first-order chi connectivity index (χ1) is 13.5. The van der Waals surface area contributed by atoms with Crippen molar-refractivity contribution in [2.24, 2.45) is 11.8 Å². The molecule has 1 aromatic rings. The molecule has 0 aromatic heterocycles. The van der Waals surface area contributed by atoms with E-state index in [2.05, 4.69) is 0 Å². The summed E-state index contributed by atoms with van der Waals surface area (Å²) < 4.78 is 0. The lowest BCUT2D eigenvalue weighted by Gasteiger charge is -2.19. The maximum Gasteiger partial charge on any atom is 0.303 e. The number of carboxylic acid groups (broad SMARTS) is 1. The second-order valence-corrected chi connectivity index (χ2v) is 7.58. The molecule has 1 saturated carbocycles. The summed E-state index contributed by atoms with van der Waals surface area (Å²) in [7, 11) is 0.